The van der Waals surface area contributed by atoms with E-state index in [9.17, 15) is 8.42 Å². The first-order chi connectivity index (χ1) is 8.99. The standard InChI is InChI=1S/C11H13Br2NO2S3/c12-8-1-2-10(13)11(5-8)19(15,16)14-6-9-7-17-3-4-18-9/h1-2,5,9,14H,3-4,6-7H2. The van der Waals surface area contributed by atoms with Crippen LogP contribution in [0.25, 0.3) is 0 Å². The molecule has 3 nitrogen and oxygen atoms in total. The molecule has 1 fully saturated rings. The molecule has 19 heavy (non-hydrogen) atoms. The van der Waals surface area contributed by atoms with Crippen LogP contribution < -0.4 is 4.72 Å². The number of hydrogen-bond acceptors (Lipinski definition) is 4. The fraction of sp³-hybridized carbons (Fsp3) is 0.455. The van der Waals surface area contributed by atoms with Gasteiger partial charge in [-0.2, -0.15) is 23.5 Å². The summed E-state index contributed by atoms with van der Waals surface area (Å²) < 4.78 is 28.6. The molecular weight excluding hydrogens is 434 g/mol. The van der Waals surface area contributed by atoms with Gasteiger partial charge in [0.2, 0.25) is 10.0 Å². The number of hydrogen-bond donors (Lipinski definition) is 1. The molecule has 1 aliphatic heterocycles. The fourth-order valence-corrected chi connectivity index (χ4v) is 6.92. The molecule has 0 radical (unpaired) electrons. The molecule has 1 atom stereocenters. The van der Waals surface area contributed by atoms with Gasteiger partial charge in [-0.25, -0.2) is 13.1 Å². The number of thioether (sulfide) groups is 2. The normalized spacial score (nSPS) is 20.4. The van der Waals surface area contributed by atoms with Gasteiger partial charge in [0.1, 0.15) is 0 Å². The lowest BCUT2D eigenvalue weighted by Gasteiger charge is -2.21. The van der Waals surface area contributed by atoms with Gasteiger partial charge in [0.05, 0.1) is 4.90 Å². The molecule has 0 amide bonds. The molecule has 1 saturated heterocycles. The first-order valence-corrected chi connectivity index (χ1v) is 10.9. The Morgan fingerprint density at radius 2 is 2.11 bits per heavy atom. The maximum absolute atomic E-state index is 12.3. The third-order valence-electron chi connectivity index (χ3n) is 2.57. The summed E-state index contributed by atoms with van der Waals surface area (Å²) in [6.45, 7) is 0.485. The van der Waals surface area contributed by atoms with Gasteiger partial charge in [-0.3, -0.25) is 0 Å². The van der Waals surface area contributed by atoms with Crippen molar-refractivity contribution in [2.45, 2.75) is 10.1 Å². The van der Waals surface area contributed by atoms with Gasteiger partial charge in [-0.15, -0.1) is 0 Å². The van der Waals surface area contributed by atoms with E-state index < -0.39 is 10.0 Å². The number of rotatable bonds is 4. The quantitative estimate of drug-likeness (QED) is 0.770. The van der Waals surface area contributed by atoms with Gasteiger partial charge in [-0.05, 0) is 34.1 Å². The second kappa shape index (κ2) is 7.17. The minimum Gasteiger partial charge on any atom is -0.210 e. The van der Waals surface area contributed by atoms with Crippen LogP contribution in [0.3, 0.4) is 0 Å². The molecule has 1 aliphatic rings. The molecule has 1 aromatic carbocycles. The Morgan fingerprint density at radius 1 is 1.32 bits per heavy atom. The largest absolute Gasteiger partial charge is 0.241 e. The van der Waals surface area contributed by atoms with Crippen LogP contribution in [0, 0.1) is 0 Å². The minimum absolute atomic E-state index is 0.273. The highest BCUT2D eigenvalue weighted by Gasteiger charge is 2.21. The van der Waals surface area contributed by atoms with Crippen LogP contribution in [0.5, 0.6) is 0 Å². The molecule has 1 N–H and O–H groups in total. The lowest BCUT2D eigenvalue weighted by atomic mass is 10.4. The molecule has 0 bridgehead atoms. The van der Waals surface area contributed by atoms with Crippen LogP contribution in [0.4, 0.5) is 0 Å². The van der Waals surface area contributed by atoms with Crippen LogP contribution >= 0.6 is 55.4 Å². The third kappa shape index (κ3) is 4.64. The summed E-state index contributed by atoms with van der Waals surface area (Å²) in [7, 11) is -3.46. The van der Waals surface area contributed by atoms with Crippen molar-refractivity contribution in [1.29, 1.82) is 0 Å². The van der Waals surface area contributed by atoms with Crippen molar-refractivity contribution < 1.29 is 8.42 Å². The summed E-state index contributed by atoms with van der Waals surface area (Å²) in [5, 5.41) is 0.361. The second-order valence-electron chi connectivity index (χ2n) is 3.99. The number of sulfonamides is 1. The molecule has 1 aromatic rings. The molecule has 0 spiro atoms. The van der Waals surface area contributed by atoms with Crippen molar-refractivity contribution in [3.63, 3.8) is 0 Å². The van der Waals surface area contributed by atoms with Crippen molar-refractivity contribution in [2.24, 2.45) is 0 Å². The first kappa shape index (κ1) is 16.2. The van der Waals surface area contributed by atoms with Gasteiger partial charge in [-0.1, -0.05) is 15.9 Å². The molecule has 0 saturated carbocycles. The highest BCUT2D eigenvalue weighted by Crippen LogP contribution is 2.27. The maximum Gasteiger partial charge on any atom is 0.241 e. The molecule has 1 unspecified atom stereocenters. The van der Waals surface area contributed by atoms with E-state index in [0.717, 1.165) is 21.7 Å². The monoisotopic (exact) mass is 445 g/mol. The lowest BCUT2D eigenvalue weighted by molar-refractivity contribution is 0.581. The van der Waals surface area contributed by atoms with Crippen LogP contribution in [0.1, 0.15) is 0 Å². The van der Waals surface area contributed by atoms with E-state index in [-0.39, 0.29) is 4.90 Å². The summed E-state index contributed by atoms with van der Waals surface area (Å²) in [5.41, 5.74) is 0. The Balaban J connectivity index is 2.07. The SMILES string of the molecule is O=S(=O)(NCC1CSCCS1)c1cc(Br)ccc1Br. The summed E-state index contributed by atoms with van der Waals surface area (Å²) in [6.07, 6.45) is 0. The van der Waals surface area contributed by atoms with Crippen LogP contribution in [-0.4, -0.2) is 37.5 Å². The van der Waals surface area contributed by atoms with E-state index in [1.54, 1.807) is 18.2 Å². The van der Waals surface area contributed by atoms with Crippen LogP contribution in [0.2, 0.25) is 0 Å². The smallest absolute Gasteiger partial charge is 0.210 e. The van der Waals surface area contributed by atoms with Gasteiger partial charge >= 0.3 is 0 Å². The highest BCUT2D eigenvalue weighted by atomic mass is 79.9. The summed E-state index contributed by atoms with van der Waals surface area (Å²) in [5.74, 6) is 3.26. The molecule has 0 aliphatic carbocycles. The van der Waals surface area contributed by atoms with Gasteiger partial charge in [0.15, 0.2) is 0 Å². The predicted molar refractivity (Wildman–Crippen MR) is 90.6 cm³/mol. The highest BCUT2D eigenvalue weighted by molar-refractivity contribution is 9.11. The van der Waals surface area contributed by atoms with Crippen molar-refractivity contribution in [2.75, 3.05) is 23.8 Å². The summed E-state index contributed by atoms with van der Waals surface area (Å²) in [4.78, 5) is 0.273. The zero-order valence-electron chi connectivity index (χ0n) is 9.93. The summed E-state index contributed by atoms with van der Waals surface area (Å²) in [6, 6.07) is 5.13. The average Bonchev–Trinajstić information content (AvgIpc) is 2.40. The minimum atomic E-state index is -3.46. The second-order valence-corrected chi connectivity index (χ2v) is 10.1. The molecule has 106 valence electrons. The van der Waals surface area contributed by atoms with Gasteiger partial charge in [0.25, 0.3) is 0 Å². The Kier molecular flexibility index (Phi) is 6.10. The lowest BCUT2D eigenvalue weighted by Crippen LogP contribution is -2.33. The maximum atomic E-state index is 12.3. The first-order valence-electron chi connectivity index (χ1n) is 5.63. The summed E-state index contributed by atoms with van der Waals surface area (Å²) >= 11 is 10.3. The van der Waals surface area contributed by atoms with Gasteiger partial charge < -0.3 is 0 Å². The molecule has 2 rings (SSSR count). The van der Waals surface area contributed by atoms with Crippen molar-refractivity contribution in [1.82, 2.24) is 4.72 Å². The third-order valence-corrected chi connectivity index (χ3v) is 8.32. The molecule has 8 heteroatoms. The van der Waals surface area contributed by atoms with Crippen molar-refractivity contribution >= 4 is 65.4 Å². The average molecular weight is 447 g/mol. The van der Waals surface area contributed by atoms with Crippen molar-refractivity contribution in [3.05, 3.63) is 27.1 Å². The van der Waals surface area contributed by atoms with E-state index in [1.165, 1.54) is 0 Å². The zero-order chi connectivity index (χ0) is 13.9. The van der Waals surface area contributed by atoms with E-state index in [0.29, 0.717) is 16.3 Å². The van der Waals surface area contributed by atoms with E-state index in [4.69, 9.17) is 0 Å². The number of halogens is 2. The Hall–Kier alpha value is 0.790. The van der Waals surface area contributed by atoms with Crippen LogP contribution in [-0.2, 0) is 10.0 Å². The predicted octanol–water partition coefficient (Wildman–Crippen LogP) is 3.34. The Bertz CT molecular complexity index is 545. The van der Waals surface area contributed by atoms with E-state index >= 15 is 0 Å². The molecule has 0 aromatic heterocycles. The fourth-order valence-electron chi connectivity index (χ4n) is 1.62. The molecular formula is C11H13Br2NO2S3. The van der Waals surface area contributed by atoms with Crippen molar-refractivity contribution in [3.8, 4) is 0 Å². The Labute approximate surface area is 139 Å². The molecule has 1 heterocycles. The topological polar surface area (TPSA) is 46.2 Å². The van der Waals surface area contributed by atoms with Crippen LogP contribution in [0.15, 0.2) is 32.0 Å². The zero-order valence-corrected chi connectivity index (χ0v) is 15.6. The van der Waals surface area contributed by atoms with Gasteiger partial charge in [0, 0.05) is 38.0 Å². The van der Waals surface area contributed by atoms with E-state index in [2.05, 4.69) is 36.6 Å². The Morgan fingerprint density at radius 3 is 2.79 bits per heavy atom. The van der Waals surface area contributed by atoms with E-state index in [1.807, 2.05) is 23.5 Å². The number of benzene rings is 1. The number of nitrogens with one attached hydrogen (secondary N) is 1.